The fourth-order valence-electron chi connectivity index (χ4n) is 3.36. The van der Waals surface area contributed by atoms with E-state index in [9.17, 15) is 9.59 Å². The van der Waals surface area contributed by atoms with Crippen molar-refractivity contribution in [2.75, 3.05) is 0 Å². The number of aromatic amines is 1. The van der Waals surface area contributed by atoms with Gasteiger partial charge in [-0.1, -0.05) is 23.8 Å². The highest BCUT2D eigenvalue weighted by Gasteiger charge is 2.23. The Morgan fingerprint density at radius 2 is 2.12 bits per heavy atom. The molecule has 1 unspecified atom stereocenters. The summed E-state index contributed by atoms with van der Waals surface area (Å²) in [5, 5.41) is 3.57. The molecule has 0 saturated heterocycles. The molecule has 1 aromatic carbocycles. The van der Waals surface area contributed by atoms with E-state index in [4.69, 9.17) is 5.73 Å². The second-order valence-corrected chi connectivity index (χ2v) is 6.57. The van der Waals surface area contributed by atoms with Crippen LogP contribution in [-0.2, 0) is 13.0 Å². The first kappa shape index (κ1) is 16.5. The van der Waals surface area contributed by atoms with Gasteiger partial charge in [0, 0.05) is 18.3 Å². The standard InChI is InChI=1S/C19H23N3O2/c1-11-6-7-12(2)13(8-11)10-21-16-4-3-5-17-14(16)9-15(18(20)23)19(24)22-17/h6-9,16,21H,3-5,10H2,1-2H3,(H2,20,23)(H,22,24). The molecule has 24 heavy (non-hydrogen) atoms. The van der Waals surface area contributed by atoms with Gasteiger partial charge in [-0.25, -0.2) is 0 Å². The molecule has 2 aromatic rings. The molecule has 1 aliphatic carbocycles. The fourth-order valence-corrected chi connectivity index (χ4v) is 3.36. The number of aryl methyl sites for hydroxylation is 3. The Kier molecular flexibility index (Phi) is 4.53. The lowest BCUT2D eigenvalue weighted by atomic mass is 9.90. The summed E-state index contributed by atoms with van der Waals surface area (Å²) in [4.78, 5) is 26.2. The number of benzene rings is 1. The molecule has 5 nitrogen and oxygen atoms in total. The Labute approximate surface area is 141 Å². The Morgan fingerprint density at radius 1 is 1.33 bits per heavy atom. The van der Waals surface area contributed by atoms with Crippen molar-refractivity contribution in [1.82, 2.24) is 10.3 Å². The summed E-state index contributed by atoms with van der Waals surface area (Å²) in [7, 11) is 0. The van der Waals surface area contributed by atoms with Gasteiger partial charge in [-0.3, -0.25) is 9.59 Å². The largest absolute Gasteiger partial charge is 0.365 e. The van der Waals surface area contributed by atoms with Crippen molar-refractivity contribution < 1.29 is 4.79 Å². The van der Waals surface area contributed by atoms with Crippen molar-refractivity contribution in [1.29, 1.82) is 0 Å². The quantitative estimate of drug-likeness (QED) is 0.805. The molecule has 126 valence electrons. The Morgan fingerprint density at radius 3 is 2.88 bits per heavy atom. The molecule has 1 aliphatic rings. The number of fused-ring (bicyclic) bond motifs is 1. The van der Waals surface area contributed by atoms with E-state index in [1.54, 1.807) is 6.07 Å². The Bertz CT molecular complexity index is 839. The third-order valence-corrected chi connectivity index (χ3v) is 4.76. The van der Waals surface area contributed by atoms with Crippen molar-refractivity contribution in [2.24, 2.45) is 5.73 Å². The number of hydrogen-bond donors (Lipinski definition) is 3. The molecule has 0 saturated carbocycles. The maximum Gasteiger partial charge on any atom is 0.261 e. The minimum absolute atomic E-state index is 0.0363. The van der Waals surface area contributed by atoms with Crippen LogP contribution in [0, 0.1) is 13.8 Å². The summed E-state index contributed by atoms with van der Waals surface area (Å²) in [5.74, 6) is -0.682. The van der Waals surface area contributed by atoms with Crippen molar-refractivity contribution in [3.8, 4) is 0 Å². The number of aromatic nitrogens is 1. The zero-order valence-corrected chi connectivity index (χ0v) is 14.1. The van der Waals surface area contributed by atoms with E-state index in [1.807, 2.05) is 0 Å². The van der Waals surface area contributed by atoms with Gasteiger partial charge in [0.15, 0.2) is 0 Å². The molecule has 0 spiro atoms. The number of rotatable bonds is 4. The molecule has 0 bridgehead atoms. The van der Waals surface area contributed by atoms with Crippen molar-refractivity contribution in [3.63, 3.8) is 0 Å². The molecule has 1 heterocycles. The lowest BCUT2D eigenvalue weighted by Crippen LogP contribution is -2.31. The average molecular weight is 325 g/mol. The molecule has 1 amide bonds. The van der Waals surface area contributed by atoms with E-state index in [1.165, 1.54) is 16.7 Å². The summed E-state index contributed by atoms with van der Waals surface area (Å²) < 4.78 is 0. The summed E-state index contributed by atoms with van der Waals surface area (Å²) >= 11 is 0. The van der Waals surface area contributed by atoms with Gasteiger partial charge in [0.05, 0.1) is 0 Å². The zero-order chi connectivity index (χ0) is 17.3. The second kappa shape index (κ2) is 6.61. The number of pyridine rings is 1. The molecular formula is C19H23N3O2. The van der Waals surface area contributed by atoms with Gasteiger partial charge in [-0.2, -0.15) is 0 Å². The van der Waals surface area contributed by atoms with E-state index >= 15 is 0 Å². The summed E-state index contributed by atoms with van der Waals surface area (Å²) in [6.07, 6.45) is 2.80. The predicted octanol–water partition coefficient (Wildman–Crippen LogP) is 2.26. The maximum atomic E-state index is 11.9. The molecule has 1 atom stereocenters. The van der Waals surface area contributed by atoms with Crippen LogP contribution in [0.2, 0.25) is 0 Å². The second-order valence-electron chi connectivity index (χ2n) is 6.57. The highest BCUT2D eigenvalue weighted by Crippen LogP contribution is 2.28. The number of nitrogens with one attached hydrogen (secondary N) is 2. The summed E-state index contributed by atoms with van der Waals surface area (Å²) in [5.41, 5.74) is 10.6. The van der Waals surface area contributed by atoms with Crippen molar-refractivity contribution in [3.05, 3.63) is 68.1 Å². The van der Waals surface area contributed by atoms with Crippen molar-refractivity contribution >= 4 is 5.91 Å². The third kappa shape index (κ3) is 3.26. The van der Waals surface area contributed by atoms with Gasteiger partial charge in [0.2, 0.25) is 0 Å². The van der Waals surface area contributed by atoms with E-state index in [0.29, 0.717) is 0 Å². The van der Waals surface area contributed by atoms with E-state index in [2.05, 4.69) is 42.3 Å². The number of hydrogen-bond acceptors (Lipinski definition) is 3. The van der Waals surface area contributed by atoms with E-state index in [0.717, 1.165) is 37.1 Å². The molecule has 0 aliphatic heterocycles. The Balaban J connectivity index is 1.86. The van der Waals surface area contributed by atoms with Crippen LogP contribution in [0.3, 0.4) is 0 Å². The molecule has 5 heteroatoms. The molecule has 4 N–H and O–H groups in total. The highest BCUT2D eigenvalue weighted by atomic mass is 16.2. The first-order valence-corrected chi connectivity index (χ1v) is 8.31. The minimum atomic E-state index is -0.682. The third-order valence-electron chi connectivity index (χ3n) is 4.76. The van der Waals surface area contributed by atoms with Gasteiger partial charge >= 0.3 is 0 Å². The first-order valence-electron chi connectivity index (χ1n) is 8.31. The van der Waals surface area contributed by atoms with Crippen LogP contribution >= 0.6 is 0 Å². The number of nitrogens with two attached hydrogens (primary N) is 1. The van der Waals surface area contributed by atoms with Crippen LogP contribution in [0.1, 0.15) is 57.2 Å². The summed E-state index contributed by atoms with van der Waals surface area (Å²) in [6.45, 7) is 4.94. The maximum absolute atomic E-state index is 11.9. The van der Waals surface area contributed by atoms with Gasteiger partial charge in [-0.05, 0) is 55.9 Å². The highest BCUT2D eigenvalue weighted by molar-refractivity contribution is 5.92. The normalized spacial score (nSPS) is 16.7. The zero-order valence-electron chi connectivity index (χ0n) is 14.1. The van der Waals surface area contributed by atoms with Crippen LogP contribution in [-0.4, -0.2) is 10.9 Å². The monoisotopic (exact) mass is 325 g/mol. The van der Waals surface area contributed by atoms with Crippen LogP contribution in [0.4, 0.5) is 0 Å². The SMILES string of the molecule is Cc1ccc(C)c(CNC2CCCc3[nH]c(=O)c(C(N)=O)cc32)c1. The topological polar surface area (TPSA) is 88.0 Å². The smallest absolute Gasteiger partial charge is 0.261 e. The molecule has 3 rings (SSSR count). The number of H-pyrrole nitrogens is 1. The van der Waals surface area contributed by atoms with Crippen LogP contribution in [0.15, 0.2) is 29.1 Å². The van der Waals surface area contributed by atoms with Gasteiger partial charge in [-0.15, -0.1) is 0 Å². The lowest BCUT2D eigenvalue weighted by molar-refractivity contribution is 0.0998. The molecular weight excluding hydrogens is 302 g/mol. The van der Waals surface area contributed by atoms with Gasteiger partial charge in [0.1, 0.15) is 5.56 Å². The van der Waals surface area contributed by atoms with E-state index in [-0.39, 0.29) is 11.6 Å². The van der Waals surface area contributed by atoms with Crippen LogP contribution < -0.4 is 16.6 Å². The number of carbonyl (C=O) groups is 1. The average Bonchev–Trinajstić information content (AvgIpc) is 2.54. The van der Waals surface area contributed by atoms with Crippen molar-refractivity contribution in [2.45, 2.75) is 45.7 Å². The number of amides is 1. The Hall–Kier alpha value is -2.40. The molecule has 0 radical (unpaired) electrons. The predicted molar refractivity (Wildman–Crippen MR) is 94.0 cm³/mol. The first-order chi connectivity index (χ1) is 11.5. The minimum Gasteiger partial charge on any atom is -0.365 e. The van der Waals surface area contributed by atoms with Gasteiger partial charge < -0.3 is 16.0 Å². The molecule has 0 fully saturated rings. The van der Waals surface area contributed by atoms with Gasteiger partial charge in [0.25, 0.3) is 11.5 Å². The fraction of sp³-hybridized carbons (Fsp3) is 0.368. The number of primary amides is 1. The lowest BCUT2D eigenvalue weighted by Gasteiger charge is -2.27. The van der Waals surface area contributed by atoms with E-state index < -0.39 is 11.5 Å². The molecule has 1 aromatic heterocycles. The summed E-state index contributed by atoms with van der Waals surface area (Å²) in [6, 6.07) is 8.20. The van der Waals surface area contributed by atoms with Crippen LogP contribution in [0.25, 0.3) is 0 Å². The number of carbonyl (C=O) groups excluding carboxylic acids is 1. The van der Waals surface area contributed by atoms with Crippen LogP contribution in [0.5, 0.6) is 0 Å².